The number of rotatable bonds is 4. The van der Waals surface area contributed by atoms with Crippen LogP contribution in [0.25, 0.3) is 0 Å². The predicted octanol–water partition coefficient (Wildman–Crippen LogP) is 2.91. The van der Waals surface area contributed by atoms with E-state index in [9.17, 15) is 13.6 Å². The molecule has 2 N–H and O–H groups in total. The highest BCUT2D eigenvalue weighted by Crippen LogP contribution is 2.29. The molecule has 0 spiro atoms. The molecule has 2 aliphatic rings. The van der Waals surface area contributed by atoms with Gasteiger partial charge in [-0.15, -0.1) is 24.8 Å². The first-order valence-corrected chi connectivity index (χ1v) is 9.29. The summed E-state index contributed by atoms with van der Waals surface area (Å²) in [7, 11) is 0. The van der Waals surface area contributed by atoms with Crippen molar-refractivity contribution in [3.63, 3.8) is 0 Å². The van der Waals surface area contributed by atoms with Crippen molar-refractivity contribution in [2.24, 2.45) is 5.73 Å². The van der Waals surface area contributed by atoms with Gasteiger partial charge in [0.25, 0.3) is 0 Å². The normalized spacial score (nSPS) is 20.6. The number of nitrogens with two attached hydrogens (primary N) is 1. The number of ether oxygens (including phenoxy) is 1. The fourth-order valence-electron chi connectivity index (χ4n) is 3.95. The van der Waals surface area contributed by atoms with Crippen molar-refractivity contribution in [2.45, 2.75) is 37.8 Å². The highest BCUT2D eigenvalue weighted by molar-refractivity contribution is 5.86. The lowest BCUT2D eigenvalue weighted by Crippen LogP contribution is -2.61. The van der Waals surface area contributed by atoms with E-state index in [1.54, 1.807) is 0 Å². The maximum absolute atomic E-state index is 14.2. The lowest BCUT2D eigenvalue weighted by molar-refractivity contribution is -0.142. The van der Waals surface area contributed by atoms with Gasteiger partial charge in [0.15, 0.2) is 0 Å². The molecule has 1 aromatic carbocycles. The van der Waals surface area contributed by atoms with Gasteiger partial charge in [-0.2, -0.15) is 0 Å². The average Bonchev–Trinajstić information content (AvgIpc) is 2.64. The quantitative estimate of drug-likeness (QED) is 0.783. The Hall–Kier alpha value is -0.990. The van der Waals surface area contributed by atoms with E-state index in [2.05, 4.69) is 4.90 Å². The Kier molecular flexibility index (Phi) is 9.56. The third kappa shape index (κ3) is 5.33. The van der Waals surface area contributed by atoms with Crippen LogP contribution in [0.5, 0.6) is 0 Å². The van der Waals surface area contributed by atoms with Gasteiger partial charge in [-0.25, -0.2) is 8.78 Å². The highest BCUT2D eigenvalue weighted by Gasteiger charge is 2.40. The van der Waals surface area contributed by atoms with Crippen LogP contribution < -0.4 is 5.73 Å². The Balaban J connectivity index is 0.00000196. The van der Waals surface area contributed by atoms with Gasteiger partial charge in [-0.05, 0) is 25.3 Å². The van der Waals surface area contributed by atoms with Gasteiger partial charge < -0.3 is 15.4 Å². The molecule has 1 amide bonds. The molecule has 2 fully saturated rings. The van der Waals surface area contributed by atoms with Crippen molar-refractivity contribution in [3.8, 4) is 0 Å². The number of amides is 1. The lowest BCUT2D eigenvalue weighted by atomic mass is 9.89. The van der Waals surface area contributed by atoms with Crippen LogP contribution >= 0.6 is 24.8 Å². The minimum Gasteiger partial charge on any atom is -0.381 e. The summed E-state index contributed by atoms with van der Waals surface area (Å²) in [6.45, 7) is 5.45. The standard InChI is InChI=1S/C19H27F2N3O2.2ClH/c1-2-17(15-4-3-14(20)13-16(15)21)23-7-9-24(10-8-23)18(25)19(22)5-11-26-12-6-19;;/h3-4,13,17H,2,5-12,22H2,1H3;2*1H. The zero-order chi connectivity index (χ0) is 18.7. The topological polar surface area (TPSA) is 58.8 Å². The van der Waals surface area contributed by atoms with Crippen molar-refractivity contribution in [1.82, 2.24) is 9.80 Å². The van der Waals surface area contributed by atoms with Crippen molar-refractivity contribution < 1.29 is 18.3 Å². The summed E-state index contributed by atoms with van der Waals surface area (Å²) in [4.78, 5) is 16.8. The molecular weight excluding hydrogens is 411 g/mol. The van der Waals surface area contributed by atoms with Crippen molar-refractivity contribution in [2.75, 3.05) is 39.4 Å². The van der Waals surface area contributed by atoms with E-state index in [0.29, 0.717) is 64.2 Å². The first kappa shape index (κ1) is 25.0. The summed E-state index contributed by atoms with van der Waals surface area (Å²) in [5.74, 6) is -1.10. The Morgan fingerprint density at radius 3 is 2.32 bits per heavy atom. The molecule has 2 heterocycles. The van der Waals surface area contributed by atoms with Crippen LogP contribution in [0.4, 0.5) is 8.78 Å². The van der Waals surface area contributed by atoms with Crippen LogP contribution in [-0.4, -0.2) is 60.6 Å². The van der Waals surface area contributed by atoms with Crippen molar-refractivity contribution in [1.29, 1.82) is 0 Å². The molecule has 0 aromatic heterocycles. The second kappa shape index (κ2) is 10.7. The number of hydrogen-bond donors (Lipinski definition) is 1. The number of carbonyl (C=O) groups is 1. The Bertz CT molecular complexity index is 652. The van der Waals surface area contributed by atoms with Gasteiger partial charge in [-0.3, -0.25) is 9.69 Å². The van der Waals surface area contributed by atoms with Crippen LogP contribution in [0, 0.1) is 11.6 Å². The summed E-state index contributed by atoms with van der Waals surface area (Å²) in [6.07, 6.45) is 1.81. The first-order valence-electron chi connectivity index (χ1n) is 9.29. The molecule has 1 aromatic rings. The summed E-state index contributed by atoms with van der Waals surface area (Å²) in [6, 6.07) is 3.63. The predicted molar refractivity (Wildman–Crippen MR) is 109 cm³/mol. The molecule has 3 rings (SSSR count). The molecule has 28 heavy (non-hydrogen) atoms. The average molecular weight is 440 g/mol. The van der Waals surface area contributed by atoms with Gasteiger partial charge in [0.2, 0.25) is 5.91 Å². The van der Waals surface area contributed by atoms with Gasteiger partial charge in [0, 0.05) is 57.1 Å². The molecule has 1 unspecified atom stereocenters. The maximum atomic E-state index is 14.2. The molecule has 9 heteroatoms. The first-order chi connectivity index (χ1) is 12.4. The van der Waals surface area contributed by atoms with Crippen LogP contribution in [0.1, 0.15) is 37.8 Å². The zero-order valence-electron chi connectivity index (χ0n) is 16.0. The summed E-state index contributed by atoms with van der Waals surface area (Å²) >= 11 is 0. The molecule has 0 aliphatic carbocycles. The minimum atomic E-state index is -0.826. The molecule has 2 saturated heterocycles. The third-order valence-electron chi connectivity index (χ3n) is 5.56. The van der Waals surface area contributed by atoms with Gasteiger partial charge in [0.1, 0.15) is 11.6 Å². The summed E-state index contributed by atoms with van der Waals surface area (Å²) in [5, 5.41) is 0. The molecular formula is C19H29Cl2F2N3O2. The van der Waals surface area contributed by atoms with E-state index >= 15 is 0 Å². The molecule has 160 valence electrons. The number of halogens is 4. The van der Waals surface area contributed by atoms with E-state index < -0.39 is 17.2 Å². The van der Waals surface area contributed by atoms with Gasteiger partial charge in [-0.1, -0.05) is 13.0 Å². The Labute approximate surface area is 177 Å². The molecule has 0 bridgehead atoms. The fraction of sp³-hybridized carbons (Fsp3) is 0.632. The number of nitrogens with zero attached hydrogens (tertiary/aromatic N) is 2. The SMILES string of the molecule is CCC(c1ccc(F)cc1F)N1CCN(C(=O)C2(N)CCOCC2)CC1.Cl.Cl. The van der Waals surface area contributed by atoms with E-state index in [1.165, 1.54) is 12.1 Å². The van der Waals surface area contributed by atoms with Gasteiger partial charge in [0.05, 0.1) is 5.54 Å². The van der Waals surface area contributed by atoms with E-state index in [0.717, 1.165) is 6.07 Å². The zero-order valence-corrected chi connectivity index (χ0v) is 17.7. The van der Waals surface area contributed by atoms with E-state index in [4.69, 9.17) is 10.5 Å². The Morgan fingerprint density at radius 1 is 1.18 bits per heavy atom. The van der Waals surface area contributed by atoms with Crippen LogP contribution in [0.15, 0.2) is 18.2 Å². The fourth-order valence-corrected chi connectivity index (χ4v) is 3.95. The Morgan fingerprint density at radius 2 is 1.79 bits per heavy atom. The number of piperazine rings is 1. The molecule has 2 aliphatic heterocycles. The second-order valence-electron chi connectivity index (χ2n) is 7.19. The van der Waals surface area contributed by atoms with Crippen LogP contribution in [0.2, 0.25) is 0 Å². The second-order valence-corrected chi connectivity index (χ2v) is 7.19. The summed E-state index contributed by atoms with van der Waals surface area (Å²) < 4.78 is 32.7. The van der Waals surface area contributed by atoms with Gasteiger partial charge >= 0.3 is 0 Å². The van der Waals surface area contributed by atoms with E-state index in [-0.39, 0.29) is 36.8 Å². The largest absolute Gasteiger partial charge is 0.381 e. The van der Waals surface area contributed by atoms with Crippen molar-refractivity contribution in [3.05, 3.63) is 35.4 Å². The maximum Gasteiger partial charge on any atom is 0.242 e. The monoisotopic (exact) mass is 439 g/mol. The minimum absolute atomic E-state index is 0. The molecule has 0 radical (unpaired) electrons. The number of benzene rings is 1. The van der Waals surface area contributed by atoms with Crippen molar-refractivity contribution >= 4 is 30.7 Å². The molecule has 5 nitrogen and oxygen atoms in total. The lowest BCUT2D eigenvalue weighted by Gasteiger charge is -2.43. The number of carbonyl (C=O) groups excluding carboxylic acids is 1. The van der Waals surface area contributed by atoms with Crippen LogP contribution in [0.3, 0.4) is 0 Å². The summed E-state index contributed by atoms with van der Waals surface area (Å²) in [5.41, 5.74) is 5.99. The molecule has 0 saturated carbocycles. The number of hydrogen-bond acceptors (Lipinski definition) is 4. The molecule has 1 atom stereocenters. The van der Waals surface area contributed by atoms with Crippen LogP contribution in [-0.2, 0) is 9.53 Å². The van der Waals surface area contributed by atoms with E-state index in [1.807, 2.05) is 11.8 Å². The smallest absolute Gasteiger partial charge is 0.242 e. The highest BCUT2D eigenvalue weighted by atomic mass is 35.5. The third-order valence-corrected chi connectivity index (χ3v) is 5.56.